The summed E-state index contributed by atoms with van der Waals surface area (Å²) >= 11 is 0. The molecule has 2 N–H and O–H groups in total. The third-order valence-corrected chi connectivity index (χ3v) is 14.5. The third kappa shape index (κ3) is 4.39. The van der Waals surface area contributed by atoms with E-state index in [4.69, 9.17) is 0 Å². The number of fused-ring (bicyclic) bond motifs is 7. The smallest absolute Gasteiger partial charge is 0.310 e. The number of hydrogen-bond acceptors (Lipinski definition) is 4. The molecule has 0 radical (unpaired) electrons. The zero-order chi connectivity index (χ0) is 31.9. The fourth-order valence-electron chi connectivity index (χ4n) is 11.8. The Morgan fingerprint density at radius 2 is 1.70 bits per heavy atom. The van der Waals surface area contributed by atoms with Crippen molar-refractivity contribution in [2.75, 3.05) is 6.54 Å². The highest BCUT2D eigenvalue weighted by Gasteiger charge is 2.70. The van der Waals surface area contributed by atoms with E-state index in [1.807, 2.05) is 18.3 Å². The number of nitrogens with one attached hydrogen (secondary N) is 1. The summed E-state index contributed by atoms with van der Waals surface area (Å²) in [5.41, 5.74) is 1.10. The number of carbonyl (C=O) groups is 3. The van der Waals surface area contributed by atoms with E-state index in [-0.39, 0.29) is 45.2 Å². The van der Waals surface area contributed by atoms with Gasteiger partial charge in [-0.25, -0.2) is 0 Å². The Bertz CT molecular complexity index is 1380. The lowest BCUT2D eigenvalue weighted by Gasteiger charge is -2.70. The first-order valence-electron chi connectivity index (χ1n) is 17.2. The highest BCUT2D eigenvalue weighted by molar-refractivity contribution is 6.04. The van der Waals surface area contributed by atoms with Crippen LogP contribution in [0.2, 0.25) is 0 Å². The van der Waals surface area contributed by atoms with E-state index >= 15 is 0 Å². The normalized spacial score (nSPS) is 42.1. The van der Waals surface area contributed by atoms with Gasteiger partial charge >= 0.3 is 5.97 Å². The molecule has 3 unspecified atom stereocenters. The number of carbonyl (C=O) groups excluding carboxylic acids is 2. The molecule has 8 atom stereocenters. The van der Waals surface area contributed by atoms with E-state index in [0.717, 1.165) is 56.9 Å². The number of carboxylic acid groups (broad SMARTS) is 1. The minimum Gasteiger partial charge on any atom is -0.481 e. The number of aliphatic carboxylic acids is 1. The second-order valence-electron chi connectivity index (χ2n) is 17.4. The van der Waals surface area contributed by atoms with Gasteiger partial charge in [0.1, 0.15) is 0 Å². The fraction of sp³-hybridized carbons (Fsp3) is 0.737. The molecule has 6 heteroatoms. The van der Waals surface area contributed by atoms with Crippen molar-refractivity contribution in [1.82, 2.24) is 10.3 Å². The van der Waals surface area contributed by atoms with E-state index in [0.29, 0.717) is 25.3 Å². The van der Waals surface area contributed by atoms with Gasteiger partial charge in [0, 0.05) is 24.4 Å². The number of rotatable bonds is 5. The van der Waals surface area contributed by atoms with E-state index in [1.54, 1.807) is 6.20 Å². The van der Waals surface area contributed by atoms with Gasteiger partial charge in [-0.05, 0) is 115 Å². The molecular weight excluding hydrogens is 548 g/mol. The predicted octanol–water partition coefficient (Wildman–Crippen LogP) is 7.42. The molecule has 5 aliphatic rings. The molecule has 5 aliphatic carbocycles. The molecule has 44 heavy (non-hydrogen) atoms. The summed E-state index contributed by atoms with van der Waals surface area (Å²) in [7, 11) is 0. The van der Waals surface area contributed by atoms with Crippen molar-refractivity contribution >= 4 is 17.7 Å². The summed E-state index contributed by atoms with van der Waals surface area (Å²) in [5, 5.41) is 13.8. The van der Waals surface area contributed by atoms with Gasteiger partial charge < -0.3 is 10.4 Å². The highest BCUT2D eigenvalue weighted by atomic mass is 16.4. The molecule has 1 amide bonds. The summed E-state index contributed by atoms with van der Waals surface area (Å²) in [6.45, 7) is 16.6. The first kappa shape index (κ1) is 31.5. The number of pyridine rings is 1. The molecule has 4 saturated carbocycles. The lowest BCUT2D eigenvalue weighted by atomic mass is 9.33. The van der Waals surface area contributed by atoms with E-state index < -0.39 is 22.7 Å². The predicted molar refractivity (Wildman–Crippen MR) is 172 cm³/mol. The largest absolute Gasteiger partial charge is 0.481 e. The lowest BCUT2D eigenvalue weighted by molar-refractivity contribution is -0.195. The first-order chi connectivity index (χ1) is 20.5. The van der Waals surface area contributed by atoms with Gasteiger partial charge in [0.05, 0.1) is 11.3 Å². The Morgan fingerprint density at radius 1 is 0.977 bits per heavy atom. The van der Waals surface area contributed by atoms with E-state index in [9.17, 15) is 19.5 Å². The van der Waals surface area contributed by atoms with Crippen LogP contribution < -0.4 is 5.32 Å². The van der Waals surface area contributed by atoms with Crippen molar-refractivity contribution in [2.24, 2.45) is 56.2 Å². The summed E-state index contributed by atoms with van der Waals surface area (Å²) < 4.78 is 0. The van der Waals surface area contributed by atoms with Crippen LogP contribution in [0.25, 0.3) is 0 Å². The maximum absolute atomic E-state index is 14.0. The minimum atomic E-state index is -0.649. The molecule has 4 fully saturated rings. The zero-order valence-corrected chi connectivity index (χ0v) is 28.1. The number of allylic oxidation sites excluding steroid dienone is 2. The summed E-state index contributed by atoms with van der Waals surface area (Å²) in [6, 6.07) is 3.91. The molecule has 6 nitrogen and oxygen atoms in total. The SMILES string of the molecule is CC1(C)CC[C@]2(C(=O)O)CC[C@]3(C)C(=CCC4[C@@]5(C)CC(C(=O)NCCc6cccnc6)C(=O)C(C)(C)[C@@H]5CC[C@]43C)C2C1. The van der Waals surface area contributed by atoms with Crippen LogP contribution in [0.3, 0.4) is 0 Å². The Labute approximate surface area is 264 Å². The average molecular weight is 603 g/mol. The molecule has 0 aromatic carbocycles. The topological polar surface area (TPSA) is 96.4 Å². The van der Waals surface area contributed by atoms with Crippen molar-refractivity contribution in [3.8, 4) is 0 Å². The van der Waals surface area contributed by atoms with Crippen LogP contribution in [0.5, 0.6) is 0 Å². The lowest BCUT2D eigenvalue weighted by Crippen LogP contribution is -2.66. The van der Waals surface area contributed by atoms with Gasteiger partial charge in [-0.2, -0.15) is 0 Å². The molecule has 0 bridgehead atoms. The number of ketones is 1. The van der Waals surface area contributed by atoms with Crippen LogP contribution in [0.15, 0.2) is 36.2 Å². The molecule has 1 heterocycles. The first-order valence-corrected chi connectivity index (χ1v) is 17.2. The van der Waals surface area contributed by atoms with Crippen LogP contribution in [-0.4, -0.2) is 34.3 Å². The van der Waals surface area contributed by atoms with Crippen molar-refractivity contribution in [2.45, 2.75) is 113 Å². The Morgan fingerprint density at radius 3 is 2.39 bits per heavy atom. The summed E-state index contributed by atoms with van der Waals surface area (Å²) in [4.78, 5) is 44.9. The highest BCUT2D eigenvalue weighted by Crippen LogP contribution is 2.75. The van der Waals surface area contributed by atoms with Crippen LogP contribution in [0.1, 0.15) is 112 Å². The molecule has 0 aliphatic heterocycles. The Hall–Kier alpha value is -2.50. The summed E-state index contributed by atoms with van der Waals surface area (Å²) in [6.07, 6.45) is 14.5. The number of aromatic nitrogens is 1. The monoisotopic (exact) mass is 602 g/mol. The van der Waals surface area contributed by atoms with Crippen molar-refractivity contribution in [1.29, 1.82) is 0 Å². The number of Topliss-reactive ketones (excluding diaryl/α,β-unsaturated/α-hetero) is 1. The minimum absolute atomic E-state index is 0.0214. The van der Waals surface area contributed by atoms with Gasteiger partial charge in [-0.15, -0.1) is 0 Å². The number of amides is 1. The average Bonchev–Trinajstić information content (AvgIpc) is 2.95. The molecule has 1 aromatic heterocycles. The Kier molecular flexibility index (Phi) is 7.34. The van der Waals surface area contributed by atoms with Crippen LogP contribution in [0.4, 0.5) is 0 Å². The standard InChI is InChI=1S/C38H54N2O4/c1-33(2)15-17-38(32(43)44)18-16-36(6)26(27(38)22-33)10-11-29-35(5)21-25(31(42)40-20-13-24-9-8-19-39-23-24)30(41)34(3,4)28(35)12-14-37(29,36)7/h8-10,19,23,25,27-29H,11-18,20-22H2,1-7H3,(H,40,42)(H,43,44)/t25?,27?,28-,29?,35-,36+,37+,38-/m0/s1. The maximum atomic E-state index is 14.0. The number of nitrogens with zero attached hydrogens (tertiary/aromatic N) is 1. The number of hydrogen-bond donors (Lipinski definition) is 2. The van der Waals surface area contributed by atoms with Crippen LogP contribution in [-0.2, 0) is 20.8 Å². The van der Waals surface area contributed by atoms with Gasteiger partial charge in [0.25, 0.3) is 0 Å². The maximum Gasteiger partial charge on any atom is 0.310 e. The Balaban J connectivity index is 1.32. The van der Waals surface area contributed by atoms with Gasteiger partial charge in [0.15, 0.2) is 5.78 Å². The molecule has 0 saturated heterocycles. The van der Waals surface area contributed by atoms with Gasteiger partial charge in [-0.3, -0.25) is 19.4 Å². The van der Waals surface area contributed by atoms with Crippen LogP contribution in [0, 0.1) is 56.2 Å². The van der Waals surface area contributed by atoms with Gasteiger partial charge in [-0.1, -0.05) is 66.2 Å². The quantitative estimate of drug-likeness (QED) is 0.270. The van der Waals surface area contributed by atoms with E-state index in [1.165, 1.54) is 5.57 Å². The second kappa shape index (κ2) is 10.3. The van der Waals surface area contributed by atoms with Crippen molar-refractivity contribution in [3.63, 3.8) is 0 Å². The molecule has 240 valence electrons. The fourth-order valence-corrected chi connectivity index (χ4v) is 11.8. The molecule has 1 aromatic rings. The van der Waals surface area contributed by atoms with E-state index in [2.05, 4.69) is 64.8 Å². The van der Waals surface area contributed by atoms with Crippen molar-refractivity contribution in [3.05, 3.63) is 41.7 Å². The van der Waals surface area contributed by atoms with Gasteiger partial charge in [0.2, 0.25) is 5.91 Å². The zero-order valence-electron chi connectivity index (χ0n) is 28.1. The molecule has 6 rings (SSSR count). The third-order valence-electron chi connectivity index (χ3n) is 14.5. The number of carboxylic acids is 1. The molecular formula is C38H54N2O4. The second-order valence-corrected chi connectivity index (χ2v) is 17.4. The van der Waals surface area contributed by atoms with Crippen LogP contribution >= 0.6 is 0 Å². The summed E-state index contributed by atoms with van der Waals surface area (Å²) in [5.74, 6) is -0.670. The van der Waals surface area contributed by atoms with Crippen molar-refractivity contribution < 1.29 is 19.5 Å². The molecule has 0 spiro atoms.